The number of hydrogen-bond donors (Lipinski definition) is 1. The number of aryl methyl sites for hydroxylation is 1. The second-order valence-electron chi connectivity index (χ2n) is 6.96. The monoisotopic (exact) mass is 400 g/mol. The minimum absolute atomic E-state index is 0.0398. The quantitative estimate of drug-likeness (QED) is 0.592. The lowest BCUT2D eigenvalue weighted by atomic mass is 10.1. The van der Waals surface area contributed by atoms with Gasteiger partial charge in [-0.15, -0.1) is 0 Å². The summed E-state index contributed by atoms with van der Waals surface area (Å²) in [6, 6.07) is 16.8. The van der Waals surface area contributed by atoms with Crippen LogP contribution < -0.4 is 5.32 Å². The maximum Gasteiger partial charge on any atom is 0.242 e. The molecular weight excluding hydrogens is 372 g/mol. The fourth-order valence-corrected chi connectivity index (χ4v) is 3.20. The van der Waals surface area contributed by atoms with Gasteiger partial charge < -0.3 is 10.2 Å². The Hall–Kier alpha value is -2.33. The van der Waals surface area contributed by atoms with Gasteiger partial charge in [0.15, 0.2) is 0 Å². The standard InChI is InChI=1S/C23H29ClN2O2/c1-3-4-15-25-23(28)18(2)26(17-20-11-8-12-21(24)16-20)22(27)14-13-19-9-6-5-7-10-19/h5-12,16,18H,3-4,13-15,17H2,1-2H3,(H,25,28). The van der Waals surface area contributed by atoms with E-state index in [1.165, 1.54) is 0 Å². The molecule has 0 spiro atoms. The van der Waals surface area contributed by atoms with E-state index >= 15 is 0 Å². The summed E-state index contributed by atoms with van der Waals surface area (Å²) in [7, 11) is 0. The molecule has 0 aliphatic heterocycles. The number of benzene rings is 2. The molecule has 0 radical (unpaired) electrons. The van der Waals surface area contributed by atoms with Crippen LogP contribution in [0.25, 0.3) is 0 Å². The highest BCUT2D eigenvalue weighted by atomic mass is 35.5. The Kier molecular flexibility index (Phi) is 9.02. The van der Waals surface area contributed by atoms with Crippen LogP contribution in [0, 0.1) is 0 Å². The zero-order chi connectivity index (χ0) is 20.4. The fraction of sp³-hybridized carbons (Fsp3) is 0.391. The lowest BCUT2D eigenvalue weighted by Crippen LogP contribution is -2.47. The van der Waals surface area contributed by atoms with Crippen molar-refractivity contribution in [1.82, 2.24) is 10.2 Å². The van der Waals surface area contributed by atoms with E-state index in [1.54, 1.807) is 17.9 Å². The normalized spacial score (nSPS) is 11.7. The molecule has 2 aromatic rings. The van der Waals surface area contributed by atoms with Gasteiger partial charge in [-0.3, -0.25) is 9.59 Å². The molecule has 28 heavy (non-hydrogen) atoms. The van der Waals surface area contributed by atoms with Gasteiger partial charge in [-0.05, 0) is 43.0 Å². The molecule has 0 bridgehead atoms. The van der Waals surface area contributed by atoms with E-state index in [9.17, 15) is 9.59 Å². The Balaban J connectivity index is 2.09. The second-order valence-corrected chi connectivity index (χ2v) is 7.39. The average molecular weight is 401 g/mol. The molecule has 0 saturated heterocycles. The molecule has 0 aromatic heterocycles. The van der Waals surface area contributed by atoms with Crippen molar-refractivity contribution in [2.45, 2.75) is 52.1 Å². The third-order valence-corrected chi connectivity index (χ3v) is 4.94. The molecule has 0 fully saturated rings. The van der Waals surface area contributed by atoms with Crippen LogP contribution in [0.4, 0.5) is 0 Å². The number of unbranched alkanes of at least 4 members (excludes halogenated alkanes) is 1. The Morgan fingerprint density at radius 1 is 1.07 bits per heavy atom. The summed E-state index contributed by atoms with van der Waals surface area (Å²) in [6.45, 7) is 4.85. The molecule has 1 N–H and O–H groups in total. The van der Waals surface area contributed by atoms with Crippen molar-refractivity contribution in [2.24, 2.45) is 0 Å². The minimum atomic E-state index is -0.542. The van der Waals surface area contributed by atoms with Gasteiger partial charge in [-0.2, -0.15) is 0 Å². The summed E-state index contributed by atoms with van der Waals surface area (Å²) in [6.07, 6.45) is 2.94. The zero-order valence-electron chi connectivity index (χ0n) is 16.7. The lowest BCUT2D eigenvalue weighted by molar-refractivity contribution is -0.140. The number of rotatable bonds is 10. The van der Waals surface area contributed by atoms with Crippen LogP contribution in [0.1, 0.15) is 44.2 Å². The first-order valence-corrected chi connectivity index (χ1v) is 10.2. The van der Waals surface area contributed by atoms with Crippen molar-refractivity contribution in [3.05, 3.63) is 70.7 Å². The molecule has 0 aliphatic carbocycles. The van der Waals surface area contributed by atoms with Gasteiger partial charge in [0.2, 0.25) is 11.8 Å². The van der Waals surface area contributed by atoms with Crippen molar-refractivity contribution < 1.29 is 9.59 Å². The summed E-state index contributed by atoms with van der Waals surface area (Å²) in [4.78, 5) is 27.2. The highest BCUT2D eigenvalue weighted by molar-refractivity contribution is 6.30. The van der Waals surface area contributed by atoms with Crippen LogP contribution in [0.15, 0.2) is 54.6 Å². The SMILES string of the molecule is CCCCNC(=O)C(C)N(Cc1cccc(Cl)c1)C(=O)CCc1ccccc1. The third-order valence-electron chi connectivity index (χ3n) is 4.71. The van der Waals surface area contributed by atoms with Crippen LogP contribution in [0.5, 0.6) is 0 Å². The van der Waals surface area contributed by atoms with Crippen LogP contribution in [-0.2, 0) is 22.6 Å². The Morgan fingerprint density at radius 3 is 2.46 bits per heavy atom. The fourth-order valence-electron chi connectivity index (χ4n) is 2.99. The van der Waals surface area contributed by atoms with Crippen molar-refractivity contribution in [2.75, 3.05) is 6.54 Å². The molecule has 150 valence electrons. The first kappa shape index (κ1) is 22.0. The third kappa shape index (κ3) is 7.01. The van der Waals surface area contributed by atoms with Gasteiger partial charge in [-0.25, -0.2) is 0 Å². The van der Waals surface area contributed by atoms with Crippen LogP contribution in [-0.4, -0.2) is 29.3 Å². The van der Waals surface area contributed by atoms with E-state index in [4.69, 9.17) is 11.6 Å². The van der Waals surface area contributed by atoms with E-state index in [2.05, 4.69) is 12.2 Å². The smallest absolute Gasteiger partial charge is 0.242 e. The first-order chi connectivity index (χ1) is 13.5. The Morgan fingerprint density at radius 2 is 1.79 bits per heavy atom. The van der Waals surface area contributed by atoms with E-state index < -0.39 is 6.04 Å². The number of halogens is 1. The maximum atomic E-state index is 13.0. The minimum Gasteiger partial charge on any atom is -0.354 e. The molecule has 1 unspecified atom stereocenters. The largest absolute Gasteiger partial charge is 0.354 e. The molecule has 5 heteroatoms. The molecule has 4 nitrogen and oxygen atoms in total. The number of nitrogens with zero attached hydrogens (tertiary/aromatic N) is 1. The van der Waals surface area contributed by atoms with Gasteiger partial charge >= 0.3 is 0 Å². The second kappa shape index (κ2) is 11.5. The van der Waals surface area contributed by atoms with Crippen LogP contribution >= 0.6 is 11.6 Å². The van der Waals surface area contributed by atoms with Gasteiger partial charge in [0, 0.05) is 24.5 Å². The van der Waals surface area contributed by atoms with Gasteiger partial charge in [-0.1, -0.05) is 67.4 Å². The summed E-state index contributed by atoms with van der Waals surface area (Å²) in [5.41, 5.74) is 2.02. The number of hydrogen-bond acceptors (Lipinski definition) is 2. The topological polar surface area (TPSA) is 49.4 Å². The van der Waals surface area contributed by atoms with Crippen molar-refractivity contribution in [1.29, 1.82) is 0 Å². The average Bonchev–Trinajstić information content (AvgIpc) is 2.70. The number of nitrogens with one attached hydrogen (secondary N) is 1. The highest BCUT2D eigenvalue weighted by Crippen LogP contribution is 2.16. The zero-order valence-corrected chi connectivity index (χ0v) is 17.4. The predicted octanol–water partition coefficient (Wildman–Crippen LogP) is 4.61. The van der Waals surface area contributed by atoms with Crippen molar-refractivity contribution >= 4 is 23.4 Å². The first-order valence-electron chi connectivity index (χ1n) is 9.86. The van der Waals surface area contributed by atoms with Crippen LogP contribution in [0.2, 0.25) is 5.02 Å². The highest BCUT2D eigenvalue weighted by Gasteiger charge is 2.25. The molecule has 0 aliphatic rings. The molecular formula is C23H29ClN2O2. The maximum absolute atomic E-state index is 13.0. The van der Waals surface area contributed by atoms with Crippen LogP contribution in [0.3, 0.4) is 0 Å². The number of carbonyl (C=O) groups excluding carboxylic acids is 2. The van der Waals surface area contributed by atoms with Crippen molar-refractivity contribution in [3.63, 3.8) is 0 Å². The number of amides is 2. The van der Waals surface area contributed by atoms with Gasteiger partial charge in [0.1, 0.15) is 6.04 Å². The van der Waals surface area contributed by atoms with Gasteiger partial charge in [0.25, 0.3) is 0 Å². The molecule has 2 amide bonds. The predicted molar refractivity (Wildman–Crippen MR) is 114 cm³/mol. The summed E-state index contributed by atoms with van der Waals surface area (Å²) >= 11 is 6.09. The lowest BCUT2D eigenvalue weighted by Gasteiger charge is -2.29. The molecule has 2 rings (SSSR count). The molecule has 2 aromatic carbocycles. The number of carbonyl (C=O) groups is 2. The van der Waals surface area contributed by atoms with E-state index in [1.807, 2.05) is 48.5 Å². The van der Waals surface area contributed by atoms with E-state index in [0.29, 0.717) is 31.0 Å². The summed E-state index contributed by atoms with van der Waals surface area (Å²) < 4.78 is 0. The summed E-state index contributed by atoms with van der Waals surface area (Å²) in [5, 5.41) is 3.55. The Labute approximate surface area is 172 Å². The summed E-state index contributed by atoms with van der Waals surface area (Å²) in [5.74, 6) is -0.162. The molecule has 1 atom stereocenters. The van der Waals surface area contributed by atoms with Crippen molar-refractivity contribution in [3.8, 4) is 0 Å². The molecule has 0 saturated carbocycles. The van der Waals surface area contributed by atoms with Gasteiger partial charge in [0.05, 0.1) is 0 Å². The Bertz CT molecular complexity index is 764. The van der Waals surface area contributed by atoms with E-state index in [-0.39, 0.29) is 11.8 Å². The van der Waals surface area contributed by atoms with E-state index in [0.717, 1.165) is 24.0 Å². The molecule has 0 heterocycles.